The van der Waals surface area contributed by atoms with Crippen molar-refractivity contribution in [3.63, 3.8) is 0 Å². The highest BCUT2D eigenvalue weighted by molar-refractivity contribution is 7.13. The maximum atomic E-state index is 12.3. The third-order valence-electron chi connectivity index (χ3n) is 2.60. The molecule has 0 saturated carbocycles. The van der Waals surface area contributed by atoms with Crippen molar-refractivity contribution in [2.45, 2.75) is 0 Å². The number of rotatable bonds is 1. The van der Waals surface area contributed by atoms with Crippen LogP contribution >= 0.6 is 11.3 Å². The Kier molecular flexibility index (Phi) is 2.60. The lowest BCUT2D eigenvalue weighted by Gasteiger charge is -2.05. The average molecular weight is 272 g/mol. The van der Waals surface area contributed by atoms with E-state index >= 15 is 0 Å². The van der Waals surface area contributed by atoms with E-state index in [0.29, 0.717) is 11.0 Å². The molecule has 0 fully saturated rings. The number of aromatic nitrogens is 3. The molecule has 0 spiro atoms. The molecule has 3 aromatic rings. The van der Waals surface area contributed by atoms with Gasteiger partial charge in [-0.1, -0.05) is 12.1 Å². The normalized spacial score (nSPS) is 10.7. The van der Waals surface area contributed by atoms with Crippen LogP contribution in [0.4, 0.5) is 5.13 Å². The topological polar surface area (TPSA) is 90.9 Å². The Labute approximate surface area is 111 Å². The molecular weight excluding hydrogens is 264 g/mol. The molecule has 2 heterocycles. The number of hydrogen-bond donors (Lipinski definition) is 1. The summed E-state index contributed by atoms with van der Waals surface area (Å²) in [4.78, 5) is 32.1. The van der Waals surface area contributed by atoms with Crippen molar-refractivity contribution in [1.29, 1.82) is 0 Å². The van der Waals surface area contributed by atoms with Gasteiger partial charge in [0, 0.05) is 5.38 Å². The largest absolute Gasteiger partial charge is 0.375 e. The molecule has 0 bridgehead atoms. The van der Waals surface area contributed by atoms with Crippen molar-refractivity contribution in [3.8, 4) is 0 Å². The highest BCUT2D eigenvalue weighted by Crippen LogP contribution is 2.14. The second-order valence-corrected chi connectivity index (χ2v) is 4.69. The second-order valence-electron chi connectivity index (χ2n) is 3.80. The van der Waals surface area contributed by atoms with Gasteiger partial charge in [0.15, 0.2) is 5.13 Å². The van der Waals surface area contributed by atoms with Gasteiger partial charge in [0.25, 0.3) is 11.5 Å². The predicted molar refractivity (Wildman–Crippen MR) is 72.3 cm³/mol. The van der Waals surface area contributed by atoms with E-state index in [1.807, 2.05) is 0 Å². The molecule has 0 unspecified atom stereocenters. The van der Waals surface area contributed by atoms with E-state index in [9.17, 15) is 9.59 Å². The minimum atomic E-state index is -0.503. The smallest absolute Gasteiger partial charge is 0.284 e. The Balaban J connectivity index is 2.27. The Morgan fingerprint density at radius 1 is 1.32 bits per heavy atom. The molecule has 0 aliphatic heterocycles. The third-order valence-corrected chi connectivity index (χ3v) is 3.28. The van der Waals surface area contributed by atoms with Crippen molar-refractivity contribution in [2.75, 3.05) is 5.73 Å². The van der Waals surface area contributed by atoms with E-state index in [1.54, 1.807) is 24.3 Å². The number of anilines is 1. The van der Waals surface area contributed by atoms with Gasteiger partial charge in [0.1, 0.15) is 5.69 Å². The number of carbonyl (C=O) groups excluding carboxylic acids is 1. The molecule has 94 valence electrons. The number of carbonyl (C=O) groups is 1. The molecule has 0 aliphatic carbocycles. The minimum Gasteiger partial charge on any atom is -0.375 e. The van der Waals surface area contributed by atoms with Crippen molar-refractivity contribution < 1.29 is 4.79 Å². The molecule has 1 aromatic carbocycles. The van der Waals surface area contributed by atoms with Crippen molar-refractivity contribution in [3.05, 3.63) is 51.9 Å². The lowest BCUT2D eigenvalue weighted by molar-refractivity contribution is 0.0956. The summed E-state index contributed by atoms with van der Waals surface area (Å²) < 4.78 is 1.05. The van der Waals surface area contributed by atoms with Gasteiger partial charge in [-0.15, -0.1) is 11.3 Å². The molecule has 19 heavy (non-hydrogen) atoms. The highest BCUT2D eigenvalue weighted by Gasteiger charge is 2.16. The molecule has 2 aromatic heterocycles. The number of fused-ring (bicyclic) bond motifs is 1. The summed E-state index contributed by atoms with van der Waals surface area (Å²) in [5, 5.41) is 1.81. The van der Waals surface area contributed by atoms with Crippen molar-refractivity contribution >= 4 is 33.4 Å². The van der Waals surface area contributed by atoms with Gasteiger partial charge in [0.2, 0.25) is 0 Å². The van der Waals surface area contributed by atoms with Crippen molar-refractivity contribution in [2.24, 2.45) is 0 Å². The minimum absolute atomic E-state index is 0.154. The lowest BCUT2D eigenvalue weighted by Crippen LogP contribution is -2.27. The molecule has 0 radical (unpaired) electrons. The van der Waals surface area contributed by atoms with Crippen LogP contribution in [0.25, 0.3) is 11.0 Å². The number of thiazole rings is 1. The summed E-state index contributed by atoms with van der Waals surface area (Å²) in [5.41, 5.74) is 6.18. The van der Waals surface area contributed by atoms with Gasteiger partial charge >= 0.3 is 0 Å². The summed E-state index contributed by atoms with van der Waals surface area (Å²) in [5.74, 6) is -0.503. The maximum absolute atomic E-state index is 12.3. The number of para-hydroxylation sites is 2. The van der Waals surface area contributed by atoms with Gasteiger partial charge in [-0.05, 0) is 12.1 Å². The van der Waals surface area contributed by atoms with Crippen LogP contribution in [-0.4, -0.2) is 20.4 Å². The van der Waals surface area contributed by atoms with Crippen LogP contribution in [0.2, 0.25) is 0 Å². The first-order valence-electron chi connectivity index (χ1n) is 5.39. The Morgan fingerprint density at radius 2 is 2.11 bits per heavy atom. The first-order chi connectivity index (χ1) is 9.16. The molecule has 3 rings (SSSR count). The van der Waals surface area contributed by atoms with E-state index in [-0.39, 0.29) is 10.8 Å². The van der Waals surface area contributed by atoms with Crippen LogP contribution in [0.1, 0.15) is 10.5 Å². The molecular formula is C12H8N4O2S. The Bertz CT molecular complexity index is 837. The van der Waals surface area contributed by atoms with Crippen LogP contribution in [0.5, 0.6) is 0 Å². The fourth-order valence-corrected chi connectivity index (χ4v) is 2.31. The quantitative estimate of drug-likeness (QED) is 0.717. The van der Waals surface area contributed by atoms with E-state index in [4.69, 9.17) is 5.73 Å². The Hall–Kier alpha value is -2.54. The molecule has 0 saturated heterocycles. The fourth-order valence-electron chi connectivity index (χ4n) is 1.77. The van der Waals surface area contributed by atoms with Gasteiger partial charge in [-0.25, -0.2) is 14.5 Å². The first-order valence-corrected chi connectivity index (χ1v) is 6.27. The third kappa shape index (κ3) is 1.89. The number of nitrogens with zero attached hydrogens (tertiary/aromatic N) is 3. The SMILES string of the molecule is Nc1nc(C(=O)n2c(=O)cnc3ccccc32)cs1. The zero-order chi connectivity index (χ0) is 13.4. The lowest BCUT2D eigenvalue weighted by atomic mass is 10.3. The monoisotopic (exact) mass is 272 g/mol. The van der Waals surface area contributed by atoms with Gasteiger partial charge in [-0.3, -0.25) is 9.59 Å². The average Bonchev–Trinajstić information content (AvgIpc) is 2.85. The summed E-state index contributed by atoms with van der Waals surface area (Å²) in [6, 6.07) is 6.92. The number of benzene rings is 1. The van der Waals surface area contributed by atoms with E-state index in [2.05, 4.69) is 9.97 Å². The van der Waals surface area contributed by atoms with Gasteiger partial charge in [-0.2, -0.15) is 0 Å². The first kappa shape index (κ1) is 11.5. The summed E-state index contributed by atoms with van der Waals surface area (Å²) >= 11 is 1.15. The molecule has 0 amide bonds. The van der Waals surface area contributed by atoms with Crippen LogP contribution in [0.15, 0.2) is 40.6 Å². The second kappa shape index (κ2) is 4.29. The number of nitrogen functional groups attached to an aromatic ring is 1. The van der Waals surface area contributed by atoms with Crippen LogP contribution < -0.4 is 11.3 Å². The van der Waals surface area contributed by atoms with E-state index < -0.39 is 11.5 Å². The zero-order valence-corrected chi connectivity index (χ0v) is 10.4. The molecule has 0 atom stereocenters. The molecule has 0 aliphatic rings. The van der Waals surface area contributed by atoms with Gasteiger partial charge in [0.05, 0.1) is 17.2 Å². The van der Waals surface area contributed by atoms with Crippen LogP contribution in [-0.2, 0) is 0 Å². The van der Waals surface area contributed by atoms with Crippen LogP contribution in [0.3, 0.4) is 0 Å². The van der Waals surface area contributed by atoms with Crippen LogP contribution in [0, 0.1) is 0 Å². The number of nitrogens with two attached hydrogens (primary N) is 1. The molecule has 7 heteroatoms. The van der Waals surface area contributed by atoms with E-state index in [1.165, 1.54) is 5.38 Å². The standard InChI is InChI=1S/C12H8N4O2S/c13-12-15-8(6-19-12)11(18)16-9-4-2-1-3-7(9)14-5-10(16)17/h1-6H,(H2,13,15). The Morgan fingerprint density at radius 3 is 2.84 bits per heavy atom. The highest BCUT2D eigenvalue weighted by atomic mass is 32.1. The number of hydrogen-bond acceptors (Lipinski definition) is 6. The maximum Gasteiger partial charge on any atom is 0.284 e. The fraction of sp³-hybridized carbons (Fsp3) is 0. The predicted octanol–water partition coefficient (Wildman–Crippen LogP) is 1.12. The molecule has 6 nitrogen and oxygen atoms in total. The summed E-state index contributed by atoms with van der Waals surface area (Å²) in [7, 11) is 0. The molecule has 2 N–H and O–H groups in total. The summed E-state index contributed by atoms with van der Waals surface area (Å²) in [6.07, 6.45) is 1.12. The van der Waals surface area contributed by atoms with Crippen molar-refractivity contribution in [1.82, 2.24) is 14.5 Å². The summed E-state index contributed by atoms with van der Waals surface area (Å²) in [6.45, 7) is 0. The van der Waals surface area contributed by atoms with E-state index in [0.717, 1.165) is 22.1 Å². The van der Waals surface area contributed by atoms with Gasteiger partial charge < -0.3 is 5.73 Å². The zero-order valence-electron chi connectivity index (χ0n) is 9.61.